The van der Waals surface area contributed by atoms with Crippen molar-refractivity contribution in [3.63, 3.8) is 0 Å². The molecule has 0 aliphatic carbocycles. The van der Waals surface area contributed by atoms with E-state index in [1.807, 2.05) is 0 Å². The first-order valence-electron chi connectivity index (χ1n) is 10.2. The SMILES string of the molecule is O=C1c2oc3ccc(Br)cc3c(=O)c2C(c2ccccc2F)N1CCN1CCOCC1. The molecule has 2 aromatic carbocycles. The summed E-state index contributed by atoms with van der Waals surface area (Å²) in [6.07, 6.45) is 0. The zero-order valence-corrected chi connectivity index (χ0v) is 18.2. The number of amides is 1. The second-order valence-electron chi connectivity index (χ2n) is 7.69. The van der Waals surface area contributed by atoms with Gasteiger partial charge in [-0.2, -0.15) is 0 Å². The average molecular weight is 487 g/mol. The van der Waals surface area contributed by atoms with E-state index < -0.39 is 17.8 Å². The van der Waals surface area contributed by atoms with Crippen molar-refractivity contribution in [2.24, 2.45) is 0 Å². The average Bonchev–Trinajstić information content (AvgIpc) is 3.06. The highest BCUT2D eigenvalue weighted by atomic mass is 79.9. The molecule has 1 aromatic heterocycles. The number of carbonyl (C=O) groups is 1. The number of nitrogens with zero attached hydrogens (tertiary/aromatic N) is 2. The largest absolute Gasteiger partial charge is 0.450 e. The second-order valence-corrected chi connectivity index (χ2v) is 8.61. The highest BCUT2D eigenvalue weighted by Gasteiger charge is 2.43. The number of carbonyl (C=O) groups excluding carboxylic acids is 1. The number of ether oxygens (including phenoxy) is 1. The third-order valence-electron chi connectivity index (χ3n) is 5.89. The van der Waals surface area contributed by atoms with Crippen LogP contribution in [0.1, 0.15) is 27.7 Å². The number of rotatable bonds is 4. The Hall–Kier alpha value is -2.55. The van der Waals surface area contributed by atoms with Crippen LogP contribution in [0.15, 0.2) is 56.1 Å². The molecule has 1 amide bonds. The summed E-state index contributed by atoms with van der Waals surface area (Å²) in [7, 11) is 0. The van der Waals surface area contributed by atoms with Crippen LogP contribution in [0.4, 0.5) is 4.39 Å². The van der Waals surface area contributed by atoms with Crippen LogP contribution < -0.4 is 5.43 Å². The molecule has 6 nitrogen and oxygen atoms in total. The van der Waals surface area contributed by atoms with Gasteiger partial charge >= 0.3 is 0 Å². The molecule has 5 rings (SSSR count). The first-order chi connectivity index (χ1) is 15.0. The summed E-state index contributed by atoms with van der Waals surface area (Å²) in [5, 5.41) is 0.359. The summed E-state index contributed by atoms with van der Waals surface area (Å²) in [5.41, 5.74) is 0.511. The quantitative estimate of drug-likeness (QED) is 0.563. The molecule has 0 N–H and O–H groups in total. The van der Waals surface area contributed by atoms with Crippen LogP contribution in [0.25, 0.3) is 11.0 Å². The number of fused-ring (bicyclic) bond motifs is 2. The lowest BCUT2D eigenvalue weighted by molar-refractivity contribution is 0.0314. The standard InChI is InChI=1S/C23H20BrFN2O4/c24-14-5-6-18-16(13-14)21(28)19-20(15-3-1-2-4-17(15)25)27(23(29)22(19)31-18)8-7-26-9-11-30-12-10-26/h1-6,13,20H,7-12H2. The van der Waals surface area contributed by atoms with Crippen LogP contribution in [0.2, 0.25) is 0 Å². The van der Waals surface area contributed by atoms with Gasteiger partial charge in [0.25, 0.3) is 5.91 Å². The minimum atomic E-state index is -0.829. The highest BCUT2D eigenvalue weighted by molar-refractivity contribution is 9.10. The third-order valence-corrected chi connectivity index (χ3v) is 6.38. The summed E-state index contributed by atoms with van der Waals surface area (Å²) in [4.78, 5) is 30.5. The predicted octanol–water partition coefficient (Wildman–Crippen LogP) is 3.57. The van der Waals surface area contributed by atoms with E-state index in [4.69, 9.17) is 9.15 Å². The predicted molar refractivity (Wildman–Crippen MR) is 117 cm³/mol. The molecule has 1 fully saturated rings. The van der Waals surface area contributed by atoms with E-state index in [1.165, 1.54) is 6.07 Å². The number of morpholine rings is 1. The molecule has 1 atom stereocenters. The van der Waals surface area contributed by atoms with Gasteiger partial charge in [-0.05, 0) is 24.3 Å². The van der Waals surface area contributed by atoms with Crippen molar-refractivity contribution >= 4 is 32.8 Å². The first-order valence-corrected chi connectivity index (χ1v) is 11.0. The number of hydrogen-bond donors (Lipinski definition) is 0. The van der Waals surface area contributed by atoms with Crippen molar-refractivity contribution in [3.8, 4) is 0 Å². The maximum Gasteiger partial charge on any atom is 0.290 e. The number of halogens is 2. The van der Waals surface area contributed by atoms with Gasteiger partial charge in [-0.15, -0.1) is 0 Å². The molecule has 8 heteroatoms. The van der Waals surface area contributed by atoms with E-state index in [-0.39, 0.29) is 16.8 Å². The second kappa shape index (κ2) is 8.18. The Kier molecular flexibility index (Phi) is 5.37. The molecule has 0 bridgehead atoms. The van der Waals surface area contributed by atoms with Crippen LogP contribution in [-0.2, 0) is 4.74 Å². The summed E-state index contributed by atoms with van der Waals surface area (Å²) in [6.45, 7) is 3.79. The van der Waals surface area contributed by atoms with Gasteiger partial charge in [0.15, 0.2) is 5.43 Å². The maximum atomic E-state index is 14.8. The van der Waals surface area contributed by atoms with Gasteiger partial charge in [-0.1, -0.05) is 34.1 Å². The molecule has 3 aromatic rings. The molecular formula is C23H20BrFN2O4. The van der Waals surface area contributed by atoms with Gasteiger partial charge < -0.3 is 14.1 Å². The van der Waals surface area contributed by atoms with E-state index in [2.05, 4.69) is 20.8 Å². The van der Waals surface area contributed by atoms with Crippen molar-refractivity contribution in [1.29, 1.82) is 0 Å². The Morgan fingerprint density at radius 1 is 1.06 bits per heavy atom. The lowest BCUT2D eigenvalue weighted by Gasteiger charge is -2.31. The molecule has 31 heavy (non-hydrogen) atoms. The van der Waals surface area contributed by atoms with Crippen LogP contribution in [0, 0.1) is 5.82 Å². The fourth-order valence-corrected chi connectivity index (χ4v) is 4.68. The molecule has 160 valence electrons. The summed E-state index contributed by atoms with van der Waals surface area (Å²) >= 11 is 3.38. The molecule has 1 saturated heterocycles. The van der Waals surface area contributed by atoms with E-state index in [1.54, 1.807) is 41.3 Å². The van der Waals surface area contributed by atoms with Crippen molar-refractivity contribution in [1.82, 2.24) is 9.80 Å². The monoisotopic (exact) mass is 486 g/mol. The van der Waals surface area contributed by atoms with Gasteiger partial charge in [0, 0.05) is 36.2 Å². The number of benzene rings is 2. The molecule has 3 heterocycles. The van der Waals surface area contributed by atoms with Crippen molar-refractivity contribution in [2.45, 2.75) is 6.04 Å². The van der Waals surface area contributed by atoms with E-state index in [9.17, 15) is 14.0 Å². The van der Waals surface area contributed by atoms with Crippen molar-refractivity contribution < 1.29 is 18.3 Å². The fraction of sp³-hybridized carbons (Fsp3) is 0.304. The van der Waals surface area contributed by atoms with Crippen LogP contribution in [0.5, 0.6) is 0 Å². The zero-order chi connectivity index (χ0) is 21.5. The lowest BCUT2D eigenvalue weighted by atomic mass is 9.98. The van der Waals surface area contributed by atoms with E-state index in [0.717, 1.165) is 17.6 Å². The Labute approximate surface area is 186 Å². The van der Waals surface area contributed by atoms with E-state index >= 15 is 0 Å². The molecule has 0 saturated carbocycles. The van der Waals surface area contributed by atoms with Crippen molar-refractivity contribution in [3.05, 3.63) is 79.9 Å². The van der Waals surface area contributed by atoms with Gasteiger partial charge in [0.05, 0.1) is 30.2 Å². The number of hydrogen-bond acceptors (Lipinski definition) is 5. The van der Waals surface area contributed by atoms with Gasteiger partial charge in [-0.25, -0.2) is 4.39 Å². The third kappa shape index (κ3) is 3.58. The molecule has 0 radical (unpaired) electrons. The first kappa shape index (κ1) is 20.4. The van der Waals surface area contributed by atoms with Gasteiger partial charge in [0.1, 0.15) is 11.4 Å². The zero-order valence-electron chi connectivity index (χ0n) is 16.6. The Bertz CT molecular complexity index is 1220. The maximum absolute atomic E-state index is 14.8. The Balaban J connectivity index is 1.63. The highest BCUT2D eigenvalue weighted by Crippen LogP contribution is 2.39. The molecular weight excluding hydrogens is 467 g/mol. The van der Waals surface area contributed by atoms with Gasteiger partial charge in [-0.3, -0.25) is 14.5 Å². The summed E-state index contributed by atoms with van der Waals surface area (Å²) in [5.74, 6) is -0.855. The minimum Gasteiger partial charge on any atom is -0.450 e. The summed E-state index contributed by atoms with van der Waals surface area (Å²) in [6, 6.07) is 10.5. The van der Waals surface area contributed by atoms with Crippen molar-refractivity contribution in [2.75, 3.05) is 39.4 Å². The van der Waals surface area contributed by atoms with Crippen LogP contribution in [-0.4, -0.2) is 55.1 Å². The Morgan fingerprint density at radius 2 is 1.84 bits per heavy atom. The van der Waals surface area contributed by atoms with Crippen LogP contribution in [0.3, 0.4) is 0 Å². The molecule has 2 aliphatic heterocycles. The smallest absolute Gasteiger partial charge is 0.290 e. The fourth-order valence-electron chi connectivity index (χ4n) is 4.32. The molecule has 1 unspecified atom stereocenters. The van der Waals surface area contributed by atoms with Gasteiger partial charge in [0.2, 0.25) is 5.76 Å². The lowest BCUT2D eigenvalue weighted by Crippen LogP contribution is -2.42. The topological polar surface area (TPSA) is 63.0 Å². The summed E-state index contributed by atoms with van der Waals surface area (Å²) < 4.78 is 26.8. The molecule has 0 spiro atoms. The van der Waals surface area contributed by atoms with Crippen LogP contribution >= 0.6 is 15.9 Å². The minimum absolute atomic E-state index is 0.00458. The normalized spacial score (nSPS) is 19.2. The van der Waals surface area contributed by atoms with E-state index in [0.29, 0.717) is 42.8 Å². The molecule has 2 aliphatic rings. The Morgan fingerprint density at radius 3 is 2.61 bits per heavy atom.